The van der Waals surface area contributed by atoms with E-state index in [9.17, 15) is 0 Å². The fourth-order valence-corrected chi connectivity index (χ4v) is 2.36. The third-order valence-corrected chi connectivity index (χ3v) is 3.49. The average Bonchev–Trinajstić information content (AvgIpc) is 2.35. The molecule has 0 aliphatic heterocycles. The molecule has 1 saturated carbocycles. The van der Waals surface area contributed by atoms with Gasteiger partial charge < -0.3 is 15.2 Å². The molecule has 1 fully saturated rings. The van der Waals surface area contributed by atoms with Gasteiger partial charge in [0.25, 0.3) is 0 Å². The highest BCUT2D eigenvalue weighted by Gasteiger charge is 2.23. The number of methoxy groups -OCH3 is 1. The molecule has 0 amide bonds. The van der Waals surface area contributed by atoms with E-state index in [-0.39, 0.29) is 6.10 Å². The minimum atomic E-state index is 0.234. The average molecular weight is 235 g/mol. The van der Waals surface area contributed by atoms with Gasteiger partial charge in [0.05, 0.1) is 11.8 Å². The highest BCUT2D eigenvalue weighted by atomic mass is 16.5. The van der Waals surface area contributed by atoms with Crippen LogP contribution < -0.4 is 10.5 Å². The lowest BCUT2D eigenvalue weighted by Crippen LogP contribution is -2.29. The molecular formula is C14H21NO2. The van der Waals surface area contributed by atoms with E-state index in [4.69, 9.17) is 15.2 Å². The van der Waals surface area contributed by atoms with Crippen LogP contribution in [0.5, 0.6) is 5.75 Å². The van der Waals surface area contributed by atoms with Gasteiger partial charge in [-0.25, -0.2) is 0 Å². The third-order valence-electron chi connectivity index (χ3n) is 3.49. The van der Waals surface area contributed by atoms with Crippen LogP contribution in [-0.2, 0) is 4.74 Å². The number of nitrogen functional groups attached to an aromatic ring is 1. The van der Waals surface area contributed by atoms with Gasteiger partial charge in [0, 0.05) is 13.5 Å². The summed E-state index contributed by atoms with van der Waals surface area (Å²) in [6, 6.07) is 5.93. The van der Waals surface area contributed by atoms with E-state index in [1.54, 1.807) is 7.11 Å². The zero-order valence-corrected chi connectivity index (χ0v) is 10.6. The van der Waals surface area contributed by atoms with Crippen molar-refractivity contribution in [1.29, 1.82) is 0 Å². The molecule has 2 N–H and O–H groups in total. The SMILES string of the molecule is COC1CCCC(Oc2cccc(C)c2N)C1. The highest BCUT2D eigenvalue weighted by Crippen LogP contribution is 2.30. The first-order valence-electron chi connectivity index (χ1n) is 6.25. The standard InChI is InChI=1S/C14H21NO2/c1-10-5-3-8-13(14(10)15)17-12-7-4-6-11(9-12)16-2/h3,5,8,11-12H,4,6-7,9,15H2,1-2H3. The quantitative estimate of drug-likeness (QED) is 0.819. The lowest BCUT2D eigenvalue weighted by molar-refractivity contribution is 0.0212. The number of hydrogen-bond acceptors (Lipinski definition) is 3. The molecule has 0 saturated heterocycles. The monoisotopic (exact) mass is 235 g/mol. The topological polar surface area (TPSA) is 44.5 Å². The maximum Gasteiger partial charge on any atom is 0.142 e. The second-order valence-corrected chi connectivity index (χ2v) is 4.75. The van der Waals surface area contributed by atoms with Gasteiger partial charge in [-0.1, -0.05) is 12.1 Å². The molecular weight excluding hydrogens is 214 g/mol. The van der Waals surface area contributed by atoms with E-state index in [0.717, 1.165) is 42.7 Å². The van der Waals surface area contributed by atoms with Crippen LogP contribution in [0, 0.1) is 6.92 Å². The Kier molecular flexibility index (Phi) is 3.89. The molecule has 17 heavy (non-hydrogen) atoms. The Hall–Kier alpha value is -1.22. The minimum absolute atomic E-state index is 0.234. The zero-order valence-electron chi connectivity index (χ0n) is 10.6. The van der Waals surface area contributed by atoms with Crippen molar-refractivity contribution in [1.82, 2.24) is 0 Å². The number of aryl methyl sites for hydroxylation is 1. The summed E-state index contributed by atoms with van der Waals surface area (Å²) in [7, 11) is 1.77. The molecule has 1 aliphatic carbocycles. The maximum atomic E-state index is 6.01. The fraction of sp³-hybridized carbons (Fsp3) is 0.571. The van der Waals surface area contributed by atoms with Gasteiger partial charge in [-0.05, 0) is 37.8 Å². The van der Waals surface area contributed by atoms with E-state index >= 15 is 0 Å². The van der Waals surface area contributed by atoms with Crippen molar-refractivity contribution < 1.29 is 9.47 Å². The molecule has 2 unspecified atom stereocenters. The van der Waals surface area contributed by atoms with Crippen LogP contribution in [0.3, 0.4) is 0 Å². The van der Waals surface area contributed by atoms with Crippen molar-refractivity contribution >= 4 is 5.69 Å². The van der Waals surface area contributed by atoms with E-state index in [2.05, 4.69) is 0 Å². The van der Waals surface area contributed by atoms with Crippen LogP contribution >= 0.6 is 0 Å². The largest absolute Gasteiger partial charge is 0.488 e. The summed E-state index contributed by atoms with van der Waals surface area (Å²) in [5, 5.41) is 0. The Morgan fingerprint density at radius 3 is 2.76 bits per heavy atom. The lowest BCUT2D eigenvalue weighted by Gasteiger charge is -2.29. The Morgan fingerprint density at radius 1 is 1.24 bits per heavy atom. The van der Waals surface area contributed by atoms with Gasteiger partial charge in [-0.3, -0.25) is 0 Å². The third kappa shape index (κ3) is 2.91. The summed E-state index contributed by atoms with van der Waals surface area (Å²) < 4.78 is 11.4. The summed E-state index contributed by atoms with van der Waals surface area (Å²) in [6.07, 6.45) is 4.92. The summed E-state index contributed by atoms with van der Waals surface area (Å²) >= 11 is 0. The van der Waals surface area contributed by atoms with E-state index in [0.29, 0.717) is 6.10 Å². The molecule has 2 atom stereocenters. The second kappa shape index (κ2) is 5.41. The number of anilines is 1. The maximum absolute atomic E-state index is 6.01. The summed E-state index contributed by atoms with van der Waals surface area (Å²) in [6.45, 7) is 2.00. The molecule has 94 valence electrons. The summed E-state index contributed by atoms with van der Waals surface area (Å²) in [5.74, 6) is 0.812. The van der Waals surface area contributed by atoms with Crippen LogP contribution in [0.25, 0.3) is 0 Å². The van der Waals surface area contributed by atoms with Crippen LogP contribution in [0.4, 0.5) is 5.69 Å². The van der Waals surface area contributed by atoms with Gasteiger partial charge in [-0.15, -0.1) is 0 Å². The van der Waals surface area contributed by atoms with Crippen LogP contribution in [0.15, 0.2) is 18.2 Å². The highest BCUT2D eigenvalue weighted by molar-refractivity contribution is 5.57. The van der Waals surface area contributed by atoms with Crippen LogP contribution in [0.1, 0.15) is 31.2 Å². The van der Waals surface area contributed by atoms with E-state index in [1.807, 2.05) is 25.1 Å². The zero-order chi connectivity index (χ0) is 12.3. The molecule has 1 aromatic rings. The van der Waals surface area contributed by atoms with Crippen molar-refractivity contribution in [3.63, 3.8) is 0 Å². The van der Waals surface area contributed by atoms with Crippen molar-refractivity contribution in [2.75, 3.05) is 12.8 Å². The smallest absolute Gasteiger partial charge is 0.142 e. The molecule has 1 aliphatic rings. The predicted octanol–water partition coefficient (Wildman–Crippen LogP) is 2.91. The number of hydrogen-bond donors (Lipinski definition) is 1. The fourth-order valence-electron chi connectivity index (χ4n) is 2.36. The second-order valence-electron chi connectivity index (χ2n) is 4.75. The van der Waals surface area contributed by atoms with E-state index < -0.39 is 0 Å². The Bertz CT molecular complexity index is 378. The number of ether oxygens (including phenoxy) is 2. The molecule has 0 bridgehead atoms. The lowest BCUT2D eigenvalue weighted by atomic mass is 9.95. The van der Waals surface area contributed by atoms with Crippen molar-refractivity contribution in [3.8, 4) is 5.75 Å². The first-order chi connectivity index (χ1) is 8.20. The summed E-state index contributed by atoms with van der Waals surface area (Å²) in [4.78, 5) is 0. The number of benzene rings is 1. The van der Waals surface area contributed by atoms with Crippen molar-refractivity contribution in [3.05, 3.63) is 23.8 Å². The van der Waals surface area contributed by atoms with Gasteiger partial charge in [0.15, 0.2) is 0 Å². The molecule has 0 spiro atoms. The predicted molar refractivity (Wildman–Crippen MR) is 69.3 cm³/mol. The molecule has 0 heterocycles. The first-order valence-corrected chi connectivity index (χ1v) is 6.25. The number of rotatable bonds is 3. The Morgan fingerprint density at radius 2 is 2.00 bits per heavy atom. The normalized spacial score (nSPS) is 24.6. The van der Waals surface area contributed by atoms with E-state index in [1.165, 1.54) is 0 Å². The van der Waals surface area contributed by atoms with Crippen LogP contribution in [-0.4, -0.2) is 19.3 Å². The van der Waals surface area contributed by atoms with Gasteiger partial charge >= 0.3 is 0 Å². The van der Waals surface area contributed by atoms with Gasteiger partial charge in [0.2, 0.25) is 0 Å². The molecule has 3 nitrogen and oxygen atoms in total. The van der Waals surface area contributed by atoms with Crippen molar-refractivity contribution in [2.24, 2.45) is 0 Å². The molecule has 0 aromatic heterocycles. The van der Waals surface area contributed by atoms with Gasteiger partial charge in [0.1, 0.15) is 11.9 Å². The molecule has 0 radical (unpaired) electrons. The summed E-state index contributed by atoms with van der Waals surface area (Å²) in [5.41, 5.74) is 7.84. The number of nitrogens with two attached hydrogens (primary N) is 1. The first kappa shape index (κ1) is 12.2. The Labute approximate surface area is 103 Å². The number of para-hydroxylation sites is 1. The minimum Gasteiger partial charge on any atom is -0.488 e. The Balaban J connectivity index is 2.02. The van der Waals surface area contributed by atoms with Crippen LogP contribution in [0.2, 0.25) is 0 Å². The molecule has 1 aromatic carbocycles. The van der Waals surface area contributed by atoms with Gasteiger partial charge in [-0.2, -0.15) is 0 Å². The molecule has 2 rings (SSSR count). The molecule has 3 heteroatoms. The van der Waals surface area contributed by atoms with Crippen molar-refractivity contribution in [2.45, 2.75) is 44.8 Å².